The van der Waals surface area contributed by atoms with Crippen LogP contribution in [0.3, 0.4) is 0 Å². The van der Waals surface area contributed by atoms with Gasteiger partial charge in [-0.3, -0.25) is 4.79 Å². The Morgan fingerprint density at radius 3 is 2.42 bits per heavy atom. The van der Waals surface area contributed by atoms with E-state index in [4.69, 9.17) is 20.7 Å². The molecule has 0 fully saturated rings. The lowest BCUT2D eigenvalue weighted by atomic mass is 10.2. The second-order valence-electron chi connectivity index (χ2n) is 3.57. The van der Waals surface area contributed by atoms with Crippen LogP contribution in [-0.4, -0.2) is 32.0 Å². The molecule has 0 radical (unpaired) electrons. The minimum absolute atomic E-state index is 0.0684. The zero-order valence-electron chi connectivity index (χ0n) is 9.70. The third-order valence-corrected chi connectivity index (χ3v) is 3.03. The van der Waals surface area contributed by atoms with Crippen LogP contribution in [0, 0.1) is 0 Å². The van der Waals surface area contributed by atoms with Crippen molar-refractivity contribution in [3.63, 3.8) is 0 Å². The third kappa shape index (κ3) is 4.23. The van der Waals surface area contributed by atoms with Crippen molar-refractivity contribution < 1.29 is 27.9 Å². The summed E-state index contributed by atoms with van der Waals surface area (Å²) in [4.78, 5) is 21.2. The molecule has 19 heavy (non-hydrogen) atoms. The van der Waals surface area contributed by atoms with Crippen molar-refractivity contribution in [1.29, 1.82) is 0 Å². The van der Waals surface area contributed by atoms with Crippen LogP contribution in [0.2, 0.25) is 0 Å². The van der Waals surface area contributed by atoms with Crippen LogP contribution >= 0.6 is 0 Å². The highest BCUT2D eigenvalue weighted by Gasteiger charge is 2.17. The van der Waals surface area contributed by atoms with E-state index in [1.54, 1.807) is 0 Å². The number of hydrogen-bond donors (Lipinski definition) is 3. The molecule has 0 bridgehead atoms. The molecule has 0 aliphatic carbocycles. The number of aromatic carboxylic acids is 1. The quantitative estimate of drug-likeness (QED) is 0.629. The monoisotopic (exact) mass is 288 g/mol. The maximum Gasteiger partial charge on any atom is 0.339 e. The molecule has 5 N–H and O–H groups in total. The minimum Gasteiger partial charge on any atom is -0.492 e. The number of primary sulfonamides is 1. The Kier molecular flexibility index (Phi) is 4.46. The summed E-state index contributed by atoms with van der Waals surface area (Å²) in [7, 11) is -4.00. The fraction of sp³-hybridized carbons (Fsp3) is 0.200. The molecule has 1 rings (SSSR count). The van der Waals surface area contributed by atoms with Crippen LogP contribution in [0.4, 0.5) is 0 Å². The van der Waals surface area contributed by atoms with Gasteiger partial charge in [-0.2, -0.15) is 0 Å². The standard InChI is InChI=1S/C10H12N2O6S/c11-9(13)3-4-18-8-2-1-6(19(12,16)17)5-7(8)10(14)15/h1-2,5H,3-4H2,(H2,11,13)(H,14,15)(H2,12,16,17). The van der Waals surface area contributed by atoms with E-state index < -0.39 is 21.9 Å². The molecule has 0 aliphatic rings. The first kappa shape index (κ1) is 14.9. The molecular formula is C10H12N2O6S. The highest BCUT2D eigenvalue weighted by Crippen LogP contribution is 2.22. The van der Waals surface area contributed by atoms with E-state index in [2.05, 4.69) is 0 Å². The lowest BCUT2D eigenvalue weighted by molar-refractivity contribution is -0.118. The van der Waals surface area contributed by atoms with Crippen LogP contribution < -0.4 is 15.6 Å². The molecule has 0 heterocycles. The van der Waals surface area contributed by atoms with Gasteiger partial charge in [-0.1, -0.05) is 0 Å². The molecule has 104 valence electrons. The Labute approximate surface area is 109 Å². The number of hydrogen-bond acceptors (Lipinski definition) is 5. The van der Waals surface area contributed by atoms with E-state index >= 15 is 0 Å². The number of carboxylic acids is 1. The van der Waals surface area contributed by atoms with Crippen LogP contribution in [0.25, 0.3) is 0 Å². The number of nitrogens with two attached hydrogens (primary N) is 2. The highest BCUT2D eigenvalue weighted by atomic mass is 32.2. The van der Waals surface area contributed by atoms with E-state index in [0.29, 0.717) is 0 Å². The Morgan fingerprint density at radius 2 is 1.95 bits per heavy atom. The maximum absolute atomic E-state index is 11.1. The van der Waals surface area contributed by atoms with Crippen molar-refractivity contribution >= 4 is 21.9 Å². The second kappa shape index (κ2) is 5.67. The highest BCUT2D eigenvalue weighted by molar-refractivity contribution is 7.89. The summed E-state index contributed by atoms with van der Waals surface area (Å²) in [5.74, 6) is -2.04. The predicted molar refractivity (Wildman–Crippen MR) is 64.1 cm³/mol. The smallest absolute Gasteiger partial charge is 0.339 e. The van der Waals surface area contributed by atoms with Gasteiger partial charge in [0.25, 0.3) is 0 Å². The summed E-state index contributed by atoms with van der Waals surface area (Å²) < 4.78 is 27.3. The number of carbonyl (C=O) groups excluding carboxylic acids is 1. The predicted octanol–water partition coefficient (Wildman–Crippen LogP) is -0.714. The minimum atomic E-state index is -4.00. The number of sulfonamides is 1. The summed E-state index contributed by atoms with van der Waals surface area (Å²) in [5.41, 5.74) is 4.54. The second-order valence-corrected chi connectivity index (χ2v) is 5.13. The molecule has 0 saturated carbocycles. The van der Waals surface area contributed by atoms with Gasteiger partial charge in [0.15, 0.2) is 0 Å². The van der Waals surface area contributed by atoms with Crippen molar-refractivity contribution in [3.8, 4) is 5.75 Å². The van der Waals surface area contributed by atoms with Gasteiger partial charge in [-0.05, 0) is 18.2 Å². The van der Waals surface area contributed by atoms with Crippen LogP contribution in [0.1, 0.15) is 16.8 Å². The SMILES string of the molecule is NC(=O)CCOc1ccc(S(N)(=O)=O)cc1C(=O)O. The first-order chi connectivity index (χ1) is 8.71. The molecule has 0 unspecified atom stereocenters. The van der Waals surface area contributed by atoms with Crippen LogP contribution in [-0.2, 0) is 14.8 Å². The summed E-state index contributed by atoms with van der Waals surface area (Å²) in [6, 6.07) is 3.16. The van der Waals surface area contributed by atoms with E-state index in [0.717, 1.165) is 18.2 Å². The van der Waals surface area contributed by atoms with Gasteiger partial charge in [0.1, 0.15) is 11.3 Å². The Balaban J connectivity index is 3.06. The fourth-order valence-electron chi connectivity index (χ4n) is 1.24. The lowest BCUT2D eigenvalue weighted by Crippen LogP contribution is -2.16. The van der Waals surface area contributed by atoms with Gasteiger partial charge >= 0.3 is 5.97 Å². The summed E-state index contributed by atoms with van der Waals surface area (Å²) in [5, 5.41) is 13.9. The molecule has 0 spiro atoms. The number of benzene rings is 1. The molecule has 8 nitrogen and oxygen atoms in total. The molecule has 1 aromatic rings. The van der Waals surface area contributed by atoms with E-state index in [-0.39, 0.29) is 29.2 Å². The first-order valence-corrected chi connectivity index (χ1v) is 6.57. The van der Waals surface area contributed by atoms with Crippen LogP contribution in [0.15, 0.2) is 23.1 Å². The lowest BCUT2D eigenvalue weighted by Gasteiger charge is -2.09. The van der Waals surface area contributed by atoms with Gasteiger partial charge in [0, 0.05) is 0 Å². The van der Waals surface area contributed by atoms with Gasteiger partial charge in [-0.25, -0.2) is 18.4 Å². The molecule has 0 aliphatic heterocycles. The molecule has 1 aromatic carbocycles. The van der Waals surface area contributed by atoms with E-state index in [9.17, 15) is 18.0 Å². The number of rotatable bonds is 6. The Bertz CT molecular complexity index is 610. The Morgan fingerprint density at radius 1 is 1.32 bits per heavy atom. The van der Waals surface area contributed by atoms with E-state index in [1.165, 1.54) is 0 Å². The molecule has 0 aromatic heterocycles. The van der Waals surface area contributed by atoms with Crippen molar-refractivity contribution in [2.75, 3.05) is 6.61 Å². The molecule has 1 amide bonds. The van der Waals surface area contributed by atoms with Crippen molar-refractivity contribution in [3.05, 3.63) is 23.8 Å². The van der Waals surface area contributed by atoms with E-state index in [1.807, 2.05) is 0 Å². The van der Waals surface area contributed by atoms with Crippen molar-refractivity contribution in [2.24, 2.45) is 10.9 Å². The molecule has 0 atom stereocenters. The largest absolute Gasteiger partial charge is 0.492 e. The molecule has 9 heteroatoms. The van der Waals surface area contributed by atoms with Crippen molar-refractivity contribution in [1.82, 2.24) is 0 Å². The average molecular weight is 288 g/mol. The van der Waals surface area contributed by atoms with Gasteiger partial charge < -0.3 is 15.6 Å². The number of carboxylic acid groups (broad SMARTS) is 1. The summed E-state index contributed by atoms with van der Waals surface area (Å²) >= 11 is 0. The van der Waals surface area contributed by atoms with Crippen molar-refractivity contribution in [2.45, 2.75) is 11.3 Å². The maximum atomic E-state index is 11.1. The summed E-state index contributed by atoms with van der Waals surface area (Å²) in [6.07, 6.45) is -0.0873. The number of carbonyl (C=O) groups is 2. The molecule has 0 saturated heterocycles. The van der Waals surface area contributed by atoms with Gasteiger partial charge in [-0.15, -0.1) is 0 Å². The zero-order valence-corrected chi connectivity index (χ0v) is 10.5. The molecular weight excluding hydrogens is 276 g/mol. The first-order valence-electron chi connectivity index (χ1n) is 5.03. The average Bonchev–Trinajstić information content (AvgIpc) is 2.27. The third-order valence-electron chi connectivity index (χ3n) is 2.12. The number of ether oxygens (including phenoxy) is 1. The fourth-order valence-corrected chi connectivity index (χ4v) is 1.78. The Hall–Kier alpha value is -2.13. The van der Waals surface area contributed by atoms with Gasteiger partial charge in [0.05, 0.1) is 17.9 Å². The van der Waals surface area contributed by atoms with Crippen LogP contribution in [0.5, 0.6) is 5.75 Å². The van der Waals surface area contributed by atoms with Gasteiger partial charge in [0.2, 0.25) is 15.9 Å². The summed E-state index contributed by atoms with van der Waals surface area (Å²) in [6.45, 7) is -0.107. The topological polar surface area (TPSA) is 150 Å². The zero-order chi connectivity index (χ0) is 14.6. The normalized spacial score (nSPS) is 11.0. The number of amides is 1. The number of primary amides is 1.